The summed E-state index contributed by atoms with van der Waals surface area (Å²) in [5, 5.41) is 2.98. The molecule has 1 aliphatic rings. The lowest BCUT2D eigenvalue weighted by atomic mass is 10.1. The molecule has 1 N–H and O–H groups in total. The Bertz CT molecular complexity index is 441. The van der Waals surface area contributed by atoms with Crippen LogP contribution in [0.25, 0.3) is 0 Å². The standard InChI is InChI=1S/C13H16ClNO2/c1-9-3-4-11(17-2)10(7-9)12(16)15-13(8-14)5-6-13/h3-4,7H,5-6,8H2,1-2H3,(H,15,16). The number of benzene rings is 1. The van der Waals surface area contributed by atoms with Crippen LogP contribution in [-0.4, -0.2) is 24.4 Å². The average molecular weight is 254 g/mol. The summed E-state index contributed by atoms with van der Waals surface area (Å²) in [5.74, 6) is 0.953. The number of rotatable bonds is 4. The van der Waals surface area contributed by atoms with Gasteiger partial charge in [0.15, 0.2) is 0 Å². The van der Waals surface area contributed by atoms with Gasteiger partial charge in [0.05, 0.1) is 18.2 Å². The molecule has 1 fully saturated rings. The van der Waals surface area contributed by atoms with E-state index in [0.29, 0.717) is 17.2 Å². The molecule has 1 aromatic rings. The Morgan fingerprint density at radius 2 is 2.24 bits per heavy atom. The number of hydrogen-bond donors (Lipinski definition) is 1. The first kappa shape index (κ1) is 12.2. The van der Waals surface area contributed by atoms with Crippen molar-refractivity contribution in [2.24, 2.45) is 0 Å². The van der Waals surface area contributed by atoms with E-state index in [-0.39, 0.29) is 11.4 Å². The van der Waals surface area contributed by atoms with Gasteiger partial charge in [-0.2, -0.15) is 0 Å². The highest BCUT2D eigenvalue weighted by Gasteiger charge is 2.43. The number of alkyl halides is 1. The van der Waals surface area contributed by atoms with Crippen LogP contribution in [-0.2, 0) is 0 Å². The van der Waals surface area contributed by atoms with Crippen molar-refractivity contribution in [3.05, 3.63) is 29.3 Å². The van der Waals surface area contributed by atoms with Crippen LogP contribution in [0, 0.1) is 6.92 Å². The van der Waals surface area contributed by atoms with Crippen LogP contribution >= 0.6 is 11.6 Å². The molecule has 0 unspecified atom stereocenters. The van der Waals surface area contributed by atoms with Gasteiger partial charge in [-0.1, -0.05) is 11.6 Å². The molecule has 0 atom stereocenters. The molecule has 92 valence electrons. The Morgan fingerprint density at radius 1 is 1.53 bits per heavy atom. The Hall–Kier alpha value is -1.22. The fraction of sp³-hybridized carbons (Fsp3) is 0.462. The largest absolute Gasteiger partial charge is 0.496 e. The van der Waals surface area contributed by atoms with E-state index in [2.05, 4.69) is 5.32 Å². The molecule has 3 nitrogen and oxygen atoms in total. The third-order valence-corrected chi connectivity index (χ3v) is 3.60. The number of amides is 1. The number of carbonyl (C=O) groups is 1. The van der Waals surface area contributed by atoms with Gasteiger partial charge in [-0.3, -0.25) is 4.79 Å². The normalized spacial score (nSPS) is 16.4. The lowest BCUT2D eigenvalue weighted by Gasteiger charge is -2.15. The van der Waals surface area contributed by atoms with E-state index in [1.54, 1.807) is 7.11 Å². The van der Waals surface area contributed by atoms with E-state index >= 15 is 0 Å². The molecule has 1 aromatic carbocycles. The van der Waals surface area contributed by atoms with Crippen LogP contribution < -0.4 is 10.1 Å². The monoisotopic (exact) mass is 253 g/mol. The zero-order valence-electron chi connectivity index (χ0n) is 10.0. The van der Waals surface area contributed by atoms with Gasteiger partial charge in [0.1, 0.15) is 5.75 Å². The minimum atomic E-state index is -0.187. The van der Waals surface area contributed by atoms with Gasteiger partial charge in [0.2, 0.25) is 0 Å². The first-order valence-corrected chi connectivity index (χ1v) is 6.17. The predicted molar refractivity (Wildman–Crippen MR) is 67.9 cm³/mol. The van der Waals surface area contributed by atoms with Crippen LogP contribution in [0.3, 0.4) is 0 Å². The Kier molecular flexibility index (Phi) is 3.29. The van der Waals surface area contributed by atoms with E-state index in [0.717, 1.165) is 18.4 Å². The number of methoxy groups -OCH3 is 1. The van der Waals surface area contributed by atoms with E-state index < -0.39 is 0 Å². The number of nitrogens with one attached hydrogen (secondary N) is 1. The van der Waals surface area contributed by atoms with Crippen LogP contribution in [0.5, 0.6) is 5.75 Å². The lowest BCUT2D eigenvalue weighted by Crippen LogP contribution is -2.38. The van der Waals surface area contributed by atoms with E-state index in [9.17, 15) is 4.79 Å². The van der Waals surface area contributed by atoms with Gasteiger partial charge in [-0.15, -0.1) is 11.6 Å². The van der Waals surface area contributed by atoms with E-state index in [1.165, 1.54) is 0 Å². The SMILES string of the molecule is COc1ccc(C)cc1C(=O)NC1(CCl)CC1. The van der Waals surface area contributed by atoms with Gasteiger partial charge in [-0.25, -0.2) is 0 Å². The first-order chi connectivity index (χ1) is 8.10. The maximum Gasteiger partial charge on any atom is 0.255 e. The maximum atomic E-state index is 12.1. The molecule has 1 amide bonds. The molecule has 0 aliphatic heterocycles. The van der Waals surface area contributed by atoms with Crippen molar-refractivity contribution >= 4 is 17.5 Å². The molecule has 1 saturated carbocycles. The second kappa shape index (κ2) is 4.57. The summed E-state index contributed by atoms with van der Waals surface area (Å²) in [5.41, 5.74) is 1.42. The van der Waals surface area contributed by atoms with Gasteiger partial charge in [0, 0.05) is 5.88 Å². The van der Waals surface area contributed by atoms with Crippen molar-refractivity contribution in [2.45, 2.75) is 25.3 Å². The molecule has 0 bridgehead atoms. The minimum absolute atomic E-state index is 0.108. The zero-order valence-corrected chi connectivity index (χ0v) is 10.8. The maximum absolute atomic E-state index is 12.1. The smallest absolute Gasteiger partial charge is 0.255 e. The molecule has 0 aromatic heterocycles. The average Bonchev–Trinajstić information content (AvgIpc) is 3.09. The van der Waals surface area contributed by atoms with E-state index in [1.807, 2.05) is 25.1 Å². The summed E-state index contributed by atoms with van der Waals surface area (Å²) in [7, 11) is 1.57. The van der Waals surface area contributed by atoms with Gasteiger partial charge >= 0.3 is 0 Å². The second-order valence-electron chi connectivity index (χ2n) is 4.57. The Balaban J connectivity index is 2.21. The third kappa shape index (κ3) is 2.55. The van der Waals surface area contributed by atoms with Crippen molar-refractivity contribution in [2.75, 3.05) is 13.0 Å². The van der Waals surface area contributed by atoms with Crippen molar-refractivity contribution in [3.8, 4) is 5.75 Å². The summed E-state index contributed by atoms with van der Waals surface area (Å²) in [6.07, 6.45) is 1.91. The fourth-order valence-corrected chi connectivity index (χ4v) is 2.08. The van der Waals surface area contributed by atoms with Crippen LogP contribution in [0.15, 0.2) is 18.2 Å². The Labute approximate surface area is 106 Å². The molecule has 17 heavy (non-hydrogen) atoms. The van der Waals surface area contributed by atoms with Crippen LogP contribution in [0.4, 0.5) is 0 Å². The molecule has 4 heteroatoms. The number of ether oxygens (including phenoxy) is 1. The zero-order chi connectivity index (χ0) is 12.5. The molecule has 0 heterocycles. The lowest BCUT2D eigenvalue weighted by molar-refractivity contribution is 0.0933. The van der Waals surface area contributed by atoms with Crippen LogP contribution in [0.2, 0.25) is 0 Å². The number of aryl methyl sites for hydroxylation is 1. The van der Waals surface area contributed by atoms with Crippen LogP contribution in [0.1, 0.15) is 28.8 Å². The number of halogens is 1. The molecule has 1 aliphatic carbocycles. The van der Waals surface area contributed by atoms with Gasteiger partial charge in [-0.05, 0) is 31.9 Å². The first-order valence-electron chi connectivity index (χ1n) is 5.63. The summed E-state index contributed by atoms with van der Waals surface area (Å²) >= 11 is 5.85. The van der Waals surface area contributed by atoms with Crippen molar-refractivity contribution in [1.82, 2.24) is 5.32 Å². The molecular weight excluding hydrogens is 238 g/mol. The van der Waals surface area contributed by atoms with E-state index in [4.69, 9.17) is 16.3 Å². The van der Waals surface area contributed by atoms with Crippen molar-refractivity contribution in [3.63, 3.8) is 0 Å². The molecule has 2 rings (SSSR count). The van der Waals surface area contributed by atoms with Gasteiger partial charge in [0.25, 0.3) is 5.91 Å². The quantitative estimate of drug-likeness (QED) is 0.838. The minimum Gasteiger partial charge on any atom is -0.496 e. The summed E-state index contributed by atoms with van der Waals surface area (Å²) < 4.78 is 5.20. The second-order valence-corrected chi connectivity index (χ2v) is 4.84. The Morgan fingerprint density at radius 3 is 2.76 bits per heavy atom. The van der Waals surface area contributed by atoms with Crippen molar-refractivity contribution in [1.29, 1.82) is 0 Å². The van der Waals surface area contributed by atoms with Gasteiger partial charge < -0.3 is 10.1 Å². The highest BCUT2D eigenvalue weighted by molar-refractivity contribution is 6.19. The highest BCUT2D eigenvalue weighted by Crippen LogP contribution is 2.37. The highest BCUT2D eigenvalue weighted by atomic mass is 35.5. The summed E-state index contributed by atoms with van der Waals surface area (Å²) in [6.45, 7) is 1.95. The topological polar surface area (TPSA) is 38.3 Å². The molecular formula is C13H16ClNO2. The number of hydrogen-bond acceptors (Lipinski definition) is 2. The third-order valence-electron chi connectivity index (χ3n) is 3.09. The number of carbonyl (C=O) groups excluding carboxylic acids is 1. The van der Waals surface area contributed by atoms with Crippen molar-refractivity contribution < 1.29 is 9.53 Å². The molecule has 0 saturated heterocycles. The fourth-order valence-electron chi connectivity index (χ4n) is 1.75. The summed E-state index contributed by atoms with van der Waals surface area (Å²) in [6, 6.07) is 5.56. The molecule has 0 radical (unpaired) electrons. The predicted octanol–water partition coefficient (Wildman–Crippen LogP) is 2.50. The summed E-state index contributed by atoms with van der Waals surface area (Å²) in [4.78, 5) is 12.1. The molecule has 0 spiro atoms.